The summed E-state index contributed by atoms with van der Waals surface area (Å²) in [5.74, 6) is -0.126. The number of rotatable bonds is 5. The zero-order valence-corrected chi connectivity index (χ0v) is 14.1. The molecule has 0 aliphatic carbocycles. The molecule has 1 aromatic carbocycles. The Morgan fingerprint density at radius 1 is 1.38 bits per heavy atom. The third kappa shape index (κ3) is 3.83. The molecule has 1 amide bonds. The Labute approximate surface area is 142 Å². The van der Waals surface area contributed by atoms with Crippen molar-refractivity contribution in [3.8, 4) is 0 Å². The van der Waals surface area contributed by atoms with E-state index in [0.29, 0.717) is 25.2 Å². The minimum atomic E-state index is -0.338. The van der Waals surface area contributed by atoms with Crippen molar-refractivity contribution >= 4 is 5.91 Å². The van der Waals surface area contributed by atoms with Crippen LogP contribution in [0.4, 0.5) is 0 Å². The Balaban J connectivity index is 1.60. The van der Waals surface area contributed by atoms with Crippen molar-refractivity contribution in [2.45, 2.75) is 32.0 Å². The normalized spacial score (nSPS) is 21.1. The number of aryl methyl sites for hydroxylation is 2. The topological polar surface area (TPSA) is 70.4 Å². The summed E-state index contributed by atoms with van der Waals surface area (Å²) in [5.41, 5.74) is 2.59. The van der Waals surface area contributed by atoms with Gasteiger partial charge >= 0.3 is 0 Å². The molecule has 2 aromatic rings. The van der Waals surface area contributed by atoms with E-state index >= 15 is 0 Å². The van der Waals surface area contributed by atoms with Crippen LogP contribution in [0.15, 0.2) is 36.4 Å². The average Bonchev–Trinajstić information content (AvgIpc) is 3.07. The summed E-state index contributed by atoms with van der Waals surface area (Å²) < 4.78 is 1.59. The zero-order valence-electron chi connectivity index (χ0n) is 14.1. The van der Waals surface area contributed by atoms with Crippen molar-refractivity contribution in [3.63, 3.8) is 0 Å². The standard InChI is InChI=1S/C18H24N4O2/c1-13-8-17(21(2)20-13)18(24)19-10-15-9-16(23)12-22(15)11-14-6-4-3-5-7-14/h3-8,15-16,23H,9-12H2,1-2H3,(H,19,24)/t15-,16-/m1/s1. The van der Waals surface area contributed by atoms with E-state index < -0.39 is 0 Å². The van der Waals surface area contributed by atoms with Crippen LogP contribution in [0.25, 0.3) is 0 Å². The van der Waals surface area contributed by atoms with Crippen molar-refractivity contribution < 1.29 is 9.90 Å². The van der Waals surface area contributed by atoms with Gasteiger partial charge in [0.1, 0.15) is 5.69 Å². The van der Waals surface area contributed by atoms with Crippen LogP contribution < -0.4 is 5.32 Å². The number of β-amino-alcohol motifs (C(OH)–C–C–N with tert-alkyl or cyclic N) is 1. The highest BCUT2D eigenvalue weighted by Crippen LogP contribution is 2.20. The number of nitrogens with one attached hydrogen (secondary N) is 1. The molecule has 2 atom stereocenters. The third-order valence-electron chi connectivity index (χ3n) is 4.47. The number of carbonyl (C=O) groups excluding carboxylic acids is 1. The number of hydrogen-bond donors (Lipinski definition) is 2. The summed E-state index contributed by atoms with van der Waals surface area (Å²) in [6.45, 7) is 3.81. The van der Waals surface area contributed by atoms with E-state index in [1.807, 2.05) is 25.1 Å². The number of hydrogen-bond acceptors (Lipinski definition) is 4. The quantitative estimate of drug-likeness (QED) is 0.862. The monoisotopic (exact) mass is 328 g/mol. The summed E-state index contributed by atoms with van der Waals surface area (Å²) in [6, 6.07) is 12.1. The molecule has 1 aliphatic rings. The van der Waals surface area contributed by atoms with Gasteiger partial charge in [-0.3, -0.25) is 14.4 Å². The van der Waals surface area contributed by atoms with Gasteiger partial charge in [0.05, 0.1) is 11.8 Å². The van der Waals surface area contributed by atoms with Crippen LogP contribution in [0, 0.1) is 6.92 Å². The first-order chi connectivity index (χ1) is 11.5. The number of benzene rings is 1. The van der Waals surface area contributed by atoms with Gasteiger partial charge in [-0.1, -0.05) is 30.3 Å². The Bertz CT molecular complexity index is 698. The van der Waals surface area contributed by atoms with Gasteiger partial charge in [0.2, 0.25) is 0 Å². The molecule has 1 fully saturated rings. The average molecular weight is 328 g/mol. The second-order valence-electron chi connectivity index (χ2n) is 6.46. The molecular weight excluding hydrogens is 304 g/mol. The van der Waals surface area contributed by atoms with E-state index in [-0.39, 0.29) is 18.1 Å². The van der Waals surface area contributed by atoms with E-state index in [9.17, 15) is 9.90 Å². The third-order valence-corrected chi connectivity index (χ3v) is 4.47. The number of aliphatic hydroxyl groups excluding tert-OH is 1. The fourth-order valence-electron chi connectivity index (χ4n) is 3.31. The smallest absolute Gasteiger partial charge is 0.269 e. The molecule has 0 saturated carbocycles. The molecule has 0 unspecified atom stereocenters. The summed E-state index contributed by atoms with van der Waals surface area (Å²) in [7, 11) is 1.77. The molecule has 6 nitrogen and oxygen atoms in total. The molecule has 128 valence electrons. The highest BCUT2D eigenvalue weighted by molar-refractivity contribution is 5.92. The van der Waals surface area contributed by atoms with E-state index in [1.165, 1.54) is 5.56 Å². The molecule has 6 heteroatoms. The summed E-state index contributed by atoms with van der Waals surface area (Å²) in [6.07, 6.45) is 0.340. The van der Waals surface area contributed by atoms with Crippen LogP contribution in [-0.2, 0) is 13.6 Å². The number of aliphatic hydroxyl groups is 1. The van der Waals surface area contributed by atoms with Crippen LogP contribution in [0.3, 0.4) is 0 Å². The Morgan fingerprint density at radius 2 is 2.12 bits per heavy atom. The molecule has 2 N–H and O–H groups in total. The number of amides is 1. The van der Waals surface area contributed by atoms with E-state index in [0.717, 1.165) is 12.2 Å². The molecule has 2 heterocycles. The highest BCUT2D eigenvalue weighted by atomic mass is 16.3. The number of likely N-dealkylation sites (tertiary alicyclic amines) is 1. The zero-order chi connectivity index (χ0) is 17.1. The van der Waals surface area contributed by atoms with E-state index in [4.69, 9.17) is 0 Å². The van der Waals surface area contributed by atoms with Crippen molar-refractivity contribution in [1.29, 1.82) is 0 Å². The lowest BCUT2D eigenvalue weighted by Gasteiger charge is -2.24. The van der Waals surface area contributed by atoms with Gasteiger partial charge < -0.3 is 10.4 Å². The Kier molecular flexibility index (Phi) is 4.97. The van der Waals surface area contributed by atoms with Crippen molar-refractivity contribution in [3.05, 3.63) is 53.3 Å². The Hall–Kier alpha value is -2.18. The molecule has 24 heavy (non-hydrogen) atoms. The second-order valence-corrected chi connectivity index (χ2v) is 6.46. The number of carbonyl (C=O) groups is 1. The van der Waals surface area contributed by atoms with Gasteiger partial charge in [-0.25, -0.2) is 0 Å². The summed E-state index contributed by atoms with van der Waals surface area (Å²) in [5, 5.41) is 17.2. The SMILES string of the molecule is Cc1cc(C(=O)NC[C@H]2C[C@@H](O)CN2Cc2ccccc2)n(C)n1. The first-order valence-corrected chi connectivity index (χ1v) is 8.28. The maximum atomic E-state index is 12.3. The summed E-state index contributed by atoms with van der Waals surface area (Å²) in [4.78, 5) is 14.6. The van der Waals surface area contributed by atoms with E-state index in [1.54, 1.807) is 17.8 Å². The van der Waals surface area contributed by atoms with Crippen molar-refractivity contribution in [1.82, 2.24) is 20.0 Å². The van der Waals surface area contributed by atoms with Gasteiger partial charge in [-0.05, 0) is 25.0 Å². The predicted molar refractivity (Wildman–Crippen MR) is 91.5 cm³/mol. The summed E-state index contributed by atoms with van der Waals surface area (Å²) >= 11 is 0. The van der Waals surface area contributed by atoms with Gasteiger partial charge in [-0.2, -0.15) is 5.10 Å². The van der Waals surface area contributed by atoms with Gasteiger partial charge in [0, 0.05) is 32.7 Å². The molecule has 3 rings (SSSR count). The molecular formula is C18H24N4O2. The minimum absolute atomic E-state index is 0.126. The first kappa shape index (κ1) is 16.7. The lowest BCUT2D eigenvalue weighted by Crippen LogP contribution is -2.40. The molecule has 0 bridgehead atoms. The molecule has 0 radical (unpaired) electrons. The van der Waals surface area contributed by atoms with Crippen LogP contribution in [0.2, 0.25) is 0 Å². The van der Waals surface area contributed by atoms with Gasteiger partial charge in [-0.15, -0.1) is 0 Å². The lowest BCUT2D eigenvalue weighted by atomic mass is 10.1. The maximum Gasteiger partial charge on any atom is 0.269 e. The van der Waals surface area contributed by atoms with Crippen LogP contribution in [-0.4, -0.2) is 50.9 Å². The minimum Gasteiger partial charge on any atom is -0.392 e. The van der Waals surface area contributed by atoms with Crippen LogP contribution in [0.1, 0.15) is 28.2 Å². The van der Waals surface area contributed by atoms with E-state index in [2.05, 4.69) is 27.4 Å². The number of nitrogens with zero attached hydrogens (tertiary/aromatic N) is 3. The molecule has 1 aromatic heterocycles. The molecule has 0 spiro atoms. The first-order valence-electron chi connectivity index (χ1n) is 8.28. The van der Waals surface area contributed by atoms with Crippen LogP contribution >= 0.6 is 0 Å². The predicted octanol–water partition coefficient (Wildman–Crippen LogP) is 1.09. The lowest BCUT2D eigenvalue weighted by molar-refractivity contribution is 0.0930. The van der Waals surface area contributed by atoms with Gasteiger partial charge in [0.15, 0.2) is 0 Å². The van der Waals surface area contributed by atoms with Gasteiger partial charge in [0.25, 0.3) is 5.91 Å². The maximum absolute atomic E-state index is 12.3. The van der Waals surface area contributed by atoms with Crippen molar-refractivity contribution in [2.75, 3.05) is 13.1 Å². The molecule has 1 saturated heterocycles. The Morgan fingerprint density at radius 3 is 2.79 bits per heavy atom. The largest absolute Gasteiger partial charge is 0.392 e. The molecule has 1 aliphatic heterocycles. The van der Waals surface area contributed by atoms with Crippen molar-refractivity contribution in [2.24, 2.45) is 7.05 Å². The second kappa shape index (κ2) is 7.15. The highest BCUT2D eigenvalue weighted by Gasteiger charge is 2.31. The van der Waals surface area contributed by atoms with Crippen LogP contribution in [0.5, 0.6) is 0 Å². The fraction of sp³-hybridized carbons (Fsp3) is 0.444. The number of aromatic nitrogens is 2. The fourth-order valence-corrected chi connectivity index (χ4v) is 3.31.